The summed E-state index contributed by atoms with van der Waals surface area (Å²) in [6.45, 7) is 4.09. The van der Waals surface area contributed by atoms with Gasteiger partial charge in [-0.25, -0.2) is 8.42 Å². The molecule has 0 radical (unpaired) electrons. The molecule has 0 aromatic rings. The Morgan fingerprint density at radius 1 is 1.36 bits per heavy atom. The normalized spacial score (nSPS) is 31.4. The third-order valence-corrected chi connectivity index (χ3v) is 5.53. The van der Waals surface area contributed by atoms with E-state index < -0.39 is 10.0 Å². The average Bonchev–Trinajstić information content (AvgIpc) is 2.00. The summed E-state index contributed by atoms with van der Waals surface area (Å²) in [6, 6.07) is 0.290. The van der Waals surface area contributed by atoms with E-state index in [1.54, 1.807) is 4.31 Å². The van der Waals surface area contributed by atoms with Crippen LogP contribution in [-0.2, 0) is 10.0 Å². The molecule has 0 spiro atoms. The van der Waals surface area contributed by atoms with Gasteiger partial charge in [-0.1, -0.05) is 6.42 Å². The quantitative estimate of drug-likeness (QED) is 0.718. The SMILES string of the molecule is CC1CN(S(=O)(=O)C2CCC2)CCN1. The van der Waals surface area contributed by atoms with E-state index in [9.17, 15) is 8.42 Å². The molecule has 14 heavy (non-hydrogen) atoms. The van der Waals surface area contributed by atoms with Crippen molar-refractivity contribution >= 4 is 10.0 Å². The van der Waals surface area contributed by atoms with E-state index in [4.69, 9.17) is 0 Å². The monoisotopic (exact) mass is 218 g/mol. The van der Waals surface area contributed by atoms with Crippen molar-refractivity contribution in [3.63, 3.8) is 0 Å². The molecule has 2 fully saturated rings. The molecule has 5 heteroatoms. The van der Waals surface area contributed by atoms with Crippen LogP contribution in [0.1, 0.15) is 26.2 Å². The maximum Gasteiger partial charge on any atom is 0.217 e. The first-order valence-corrected chi connectivity index (χ1v) is 6.83. The molecular formula is C9H18N2O2S. The second-order valence-electron chi connectivity index (χ2n) is 4.31. The van der Waals surface area contributed by atoms with Crippen molar-refractivity contribution < 1.29 is 8.42 Å². The van der Waals surface area contributed by atoms with Gasteiger partial charge in [0.1, 0.15) is 0 Å². The van der Waals surface area contributed by atoms with Gasteiger partial charge in [0.25, 0.3) is 0 Å². The average molecular weight is 218 g/mol. The predicted molar refractivity (Wildman–Crippen MR) is 55.6 cm³/mol. The summed E-state index contributed by atoms with van der Waals surface area (Å²) in [5.74, 6) is 0. The Morgan fingerprint density at radius 2 is 2.07 bits per heavy atom. The highest BCUT2D eigenvalue weighted by atomic mass is 32.2. The molecule has 2 aliphatic rings. The molecule has 1 unspecified atom stereocenters. The second kappa shape index (κ2) is 3.79. The fourth-order valence-electron chi connectivity index (χ4n) is 2.01. The van der Waals surface area contributed by atoms with Crippen LogP contribution in [0.5, 0.6) is 0 Å². The first-order chi connectivity index (χ1) is 6.60. The zero-order chi connectivity index (χ0) is 10.2. The highest BCUT2D eigenvalue weighted by Gasteiger charge is 2.37. The van der Waals surface area contributed by atoms with Gasteiger partial charge in [-0.05, 0) is 19.8 Å². The summed E-state index contributed by atoms with van der Waals surface area (Å²) in [4.78, 5) is 0. The van der Waals surface area contributed by atoms with Gasteiger partial charge in [0.05, 0.1) is 5.25 Å². The molecule has 1 saturated heterocycles. The van der Waals surface area contributed by atoms with Crippen molar-refractivity contribution in [2.75, 3.05) is 19.6 Å². The van der Waals surface area contributed by atoms with Gasteiger partial charge >= 0.3 is 0 Å². The molecule has 82 valence electrons. The minimum Gasteiger partial charge on any atom is -0.312 e. The van der Waals surface area contributed by atoms with Crippen LogP contribution in [0.4, 0.5) is 0 Å². The molecule has 0 amide bonds. The lowest BCUT2D eigenvalue weighted by Crippen LogP contribution is -2.54. The van der Waals surface area contributed by atoms with Crippen LogP contribution in [0.2, 0.25) is 0 Å². The summed E-state index contributed by atoms with van der Waals surface area (Å²) in [5.41, 5.74) is 0. The maximum absolute atomic E-state index is 12.0. The molecular weight excluding hydrogens is 200 g/mol. The zero-order valence-corrected chi connectivity index (χ0v) is 9.39. The number of hydrogen-bond acceptors (Lipinski definition) is 3. The Labute approximate surface area is 85.7 Å². The maximum atomic E-state index is 12.0. The minimum absolute atomic E-state index is 0.0761. The first kappa shape index (κ1) is 10.4. The van der Waals surface area contributed by atoms with Crippen LogP contribution in [0.3, 0.4) is 0 Å². The van der Waals surface area contributed by atoms with Crippen molar-refractivity contribution in [1.82, 2.24) is 9.62 Å². The lowest BCUT2D eigenvalue weighted by molar-refractivity contribution is 0.299. The third kappa shape index (κ3) is 1.81. The summed E-state index contributed by atoms with van der Waals surface area (Å²) in [6.07, 6.45) is 2.80. The van der Waals surface area contributed by atoms with Crippen LogP contribution >= 0.6 is 0 Å². The van der Waals surface area contributed by atoms with Crippen LogP contribution in [-0.4, -0.2) is 43.6 Å². The Kier molecular flexibility index (Phi) is 2.81. The molecule has 1 saturated carbocycles. The molecule has 2 rings (SSSR count). The molecule has 0 aromatic heterocycles. The number of sulfonamides is 1. The van der Waals surface area contributed by atoms with E-state index in [1.165, 1.54) is 0 Å². The van der Waals surface area contributed by atoms with Crippen LogP contribution < -0.4 is 5.32 Å². The highest BCUT2D eigenvalue weighted by Crippen LogP contribution is 2.28. The van der Waals surface area contributed by atoms with Crippen molar-refractivity contribution in [2.24, 2.45) is 0 Å². The standard InChI is InChI=1S/C9H18N2O2S/c1-8-7-11(6-5-10-8)14(12,13)9-3-2-4-9/h8-10H,2-7H2,1H3. The number of hydrogen-bond donors (Lipinski definition) is 1. The summed E-state index contributed by atoms with van der Waals surface area (Å²) < 4.78 is 25.7. The number of nitrogens with zero attached hydrogens (tertiary/aromatic N) is 1. The van der Waals surface area contributed by atoms with Gasteiger partial charge in [-0.2, -0.15) is 4.31 Å². The largest absolute Gasteiger partial charge is 0.312 e. The van der Waals surface area contributed by atoms with Crippen LogP contribution in [0.15, 0.2) is 0 Å². The fraction of sp³-hybridized carbons (Fsp3) is 1.00. The van der Waals surface area contributed by atoms with E-state index in [2.05, 4.69) is 5.32 Å². The van der Waals surface area contributed by atoms with Crippen LogP contribution in [0.25, 0.3) is 0 Å². The van der Waals surface area contributed by atoms with Crippen molar-refractivity contribution in [3.05, 3.63) is 0 Å². The number of piperazine rings is 1. The predicted octanol–water partition coefficient (Wildman–Crippen LogP) is 0.162. The molecule has 1 atom stereocenters. The van der Waals surface area contributed by atoms with E-state index in [-0.39, 0.29) is 5.25 Å². The first-order valence-electron chi connectivity index (χ1n) is 5.33. The molecule has 0 aromatic carbocycles. The van der Waals surface area contributed by atoms with Gasteiger partial charge in [0, 0.05) is 25.7 Å². The molecule has 0 bridgehead atoms. The number of nitrogens with one attached hydrogen (secondary N) is 1. The van der Waals surface area contributed by atoms with Gasteiger partial charge in [-0.15, -0.1) is 0 Å². The molecule has 1 N–H and O–H groups in total. The lowest BCUT2D eigenvalue weighted by Gasteiger charge is -2.36. The van der Waals surface area contributed by atoms with Crippen molar-refractivity contribution in [1.29, 1.82) is 0 Å². The van der Waals surface area contributed by atoms with E-state index in [1.807, 2.05) is 6.92 Å². The second-order valence-corrected chi connectivity index (χ2v) is 6.52. The third-order valence-electron chi connectivity index (χ3n) is 3.16. The summed E-state index contributed by atoms with van der Waals surface area (Å²) >= 11 is 0. The van der Waals surface area contributed by atoms with E-state index in [0.29, 0.717) is 19.1 Å². The Balaban J connectivity index is 2.05. The topological polar surface area (TPSA) is 49.4 Å². The minimum atomic E-state index is -2.96. The smallest absolute Gasteiger partial charge is 0.217 e. The van der Waals surface area contributed by atoms with Crippen LogP contribution in [0, 0.1) is 0 Å². The van der Waals surface area contributed by atoms with Gasteiger partial charge in [0.15, 0.2) is 0 Å². The Hall–Kier alpha value is -0.130. The molecule has 1 aliphatic heterocycles. The zero-order valence-electron chi connectivity index (χ0n) is 8.57. The van der Waals surface area contributed by atoms with Gasteiger partial charge in [0.2, 0.25) is 10.0 Å². The lowest BCUT2D eigenvalue weighted by atomic mass is 10.0. The van der Waals surface area contributed by atoms with Gasteiger partial charge < -0.3 is 5.32 Å². The number of rotatable bonds is 2. The van der Waals surface area contributed by atoms with Gasteiger partial charge in [-0.3, -0.25) is 0 Å². The highest BCUT2D eigenvalue weighted by molar-refractivity contribution is 7.89. The molecule has 1 aliphatic carbocycles. The Morgan fingerprint density at radius 3 is 2.57 bits per heavy atom. The fourth-order valence-corrected chi connectivity index (χ4v) is 4.14. The van der Waals surface area contributed by atoms with Crippen molar-refractivity contribution in [3.8, 4) is 0 Å². The summed E-state index contributed by atoms with van der Waals surface area (Å²) in [7, 11) is -2.96. The Bertz CT molecular complexity index is 298. The van der Waals surface area contributed by atoms with E-state index >= 15 is 0 Å². The molecule has 4 nitrogen and oxygen atoms in total. The summed E-state index contributed by atoms with van der Waals surface area (Å²) in [5, 5.41) is 3.18. The van der Waals surface area contributed by atoms with E-state index in [0.717, 1.165) is 25.8 Å². The van der Waals surface area contributed by atoms with Crippen molar-refractivity contribution in [2.45, 2.75) is 37.5 Å². The molecule has 1 heterocycles.